The minimum atomic E-state index is -0.773. The number of anilines is 1. The molecule has 1 atom stereocenters. The molecule has 128 valence electrons. The molecule has 7 nitrogen and oxygen atoms in total. The third-order valence-electron chi connectivity index (χ3n) is 3.79. The molecule has 2 aromatic carbocycles. The zero-order valence-electron chi connectivity index (χ0n) is 13.2. The number of hydrogen-bond acceptors (Lipinski definition) is 6. The van der Waals surface area contributed by atoms with Crippen molar-refractivity contribution in [3.63, 3.8) is 0 Å². The number of alkyl carbamates (subject to hydrolysis) is 1. The first-order valence-corrected chi connectivity index (χ1v) is 7.64. The number of rotatable bonds is 5. The summed E-state index contributed by atoms with van der Waals surface area (Å²) < 4.78 is 9.67. The van der Waals surface area contributed by atoms with Gasteiger partial charge < -0.3 is 20.5 Å². The fourth-order valence-electron chi connectivity index (χ4n) is 2.46. The van der Waals surface area contributed by atoms with E-state index in [2.05, 4.69) is 10.1 Å². The van der Waals surface area contributed by atoms with Gasteiger partial charge in [-0.3, -0.25) is 0 Å². The van der Waals surface area contributed by atoms with Crippen molar-refractivity contribution >= 4 is 23.7 Å². The van der Waals surface area contributed by atoms with Gasteiger partial charge in [0.05, 0.1) is 5.56 Å². The maximum absolute atomic E-state index is 12.1. The lowest BCUT2D eigenvalue weighted by Gasteiger charge is -2.11. The highest BCUT2D eigenvalue weighted by Gasteiger charge is 2.32. The topological polar surface area (TPSA) is 108 Å². The van der Waals surface area contributed by atoms with Crippen molar-refractivity contribution in [2.24, 2.45) is 0 Å². The molecule has 3 N–H and O–H groups in total. The molecule has 2 aromatic rings. The molecule has 0 aromatic heterocycles. The lowest BCUT2D eigenvalue weighted by Crippen LogP contribution is -2.31. The van der Waals surface area contributed by atoms with Gasteiger partial charge in [-0.15, -0.1) is 0 Å². The Hall–Kier alpha value is -3.35. The molecule has 1 saturated heterocycles. The average molecular weight is 340 g/mol. The van der Waals surface area contributed by atoms with Crippen molar-refractivity contribution in [1.82, 2.24) is 5.32 Å². The molecule has 1 amide bonds. The Bertz CT molecular complexity index is 819. The van der Waals surface area contributed by atoms with E-state index in [1.54, 1.807) is 12.1 Å². The van der Waals surface area contributed by atoms with E-state index in [0.717, 1.165) is 5.56 Å². The summed E-state index contributed by atoms with van der Waals surface area (Å²) in [5.41, 5.74) is 8.12. The first kappa shape index (κ1) is 16.5. The molecule has 25 heavy (non-hydrogen) atoms. The molecule has 1 fully saturated rings. The lowest BCUT2D eigenvalue weighted by molar-refractivity contribution is -0.135. The number of nitrogens with two attached hydrogens (primary N) is 1. The molecular weight excluding hydrogens is 324 g/mol. The smallest absolute Gasteiger partial charge is 0.415 e. The van der Waals surface area contributed by atoms with Crippen molar-refractivity contribution in [1.29, 1.82) is 0 Å². The van der Waals surface area contributed by atoms with E-state index in [1.165, 1.54) is 6.07 Å². The molecule has 0 spiro atoms. The number of carbonyl (C=O) groups is 3. The number of nitrogens with one attached hydrogen (secondary N) is 1. The SMILES string of the molecule is Nc1cc(C(=O)OCc2ccccc2)ccc1CC1NC(=O)OC1=O. The minimum Gasteiger partial charge on any atom is -0.457 e. The standard InChI is InChI=1S/C18H16N2O5/c19-14-8-13(16(21)24-10-11-4-2-1-3-5-11)7-6-12(14)9-15-17(22)25-18(23)20-15/h1-8,15H,9-10,19H2,(H,20,23). The molecule has 0 aliphatic carbocycles. The van der Waals surface area contributed by atoms with Crippen LogP contribution in [0.5, 0.6) is 0 Å². The van der Waals surface area contributed by atoms with Gasteiger partial charge >= 0.3 is 18.0 Å². The van der Waals surface area contributed by atoms with Crippen molar-refractivity contribution in [3.8, 4) is 0 Å². The van der Waals surface area contributed by atoms with Gasteiger partial charge in [-0.25, -0.2) is 14.4 Å². The van der Waals surface area contributed by atoms with Gasteiger partial charge in [-0.1, -0.05) is 36.4 Å². The highest BCUT2D eigenvalue weighted by Crippen LogP contribution is 2.19. The average Bonchev–Trinajstić information content (AvgIpc) is 2.92. The molecule has 3 rings (SSSR count). The summed E-state index contributed by atoms with van der Waals surface area (Å²) in [6.07, 6.45) is -0.579. The van der Waals surface area contributed by atoms with Crippen LogP contribution in [0.4, 0.5) is 10.5 Å². The predicted octanol–water partition coefficient (Wildman–Crippen LogP) is 1.80. The number of hydrogen-bond donors (Lipinski definition) is 2. The second kappa shape index (κ2) is 7.04. The zero-order chi connectivity index (χ0) is 17.8. The van der Waals surface area contributed by atoms with Crippen LogP contribution in [-0.2, 0) is 27.3 Å². The minimum absolute atomic E-state index is 0.168. The van der Waals surface area contributed by atoms with E-state index in [4.69, 9.17) is 10.5 Å². The fraction of sp³-hybridized carbons (Fsp3) is 0.167. The van der Waals surface area contributed by atoms with E-state index < -0.39 is 24.1 Å². The number of amides is 1. The summed E-state index contributed by atoms with van der Waals surface area (Å²) in [7, 11) is 0. The number of cyclic esters (lactones) is 2. The normalized spacial score (nSPS) is 16.2. The van der Waals surface area contributed by atoms with Crippen LogP contribution < -0.4 is 11.1 Å². The van der Waals surface area contributed by atoms with Crippen LogP contribution in [0.1, 0.15) is 21.5 Å². The maximum Gasteiger partial charge on any atom is 0.415 e. The quantitative estimate of drug-likeness (QED) is 0.488. The summed E-state index contributed by atoms with van der Waals surface area (Å²) in [6, 6.07) is 13.3. The Kier molecular flexibility index (Phi) is 4.65. The Balaban J connectivity index is 1.64. The summed E-state index contributed by atoms with van der Waals surface area (Å²) in [6.45, 7) is 0.168. The number of nitrogen functional groups attached to an aromatic ring is 1. The Morgan fingerprint density at radius 3 is 2.56 bits per heavy atom. The van der Waals surface area contributed by atoms with E-state index >= 15 is 0 Å². The van der Waals surface area contributed by atoms with Crippen molar-refractivity contribution < 1.29 is 23.9 Å². The van der Waals surface area contributed by atoms with Crippen LogP contribution in [0.2, 0.25) is 0 Å². The largest absolute Gasteiger partial charge is 0.457 e. The predicted molar refractivity (Wildman–Crippen MR) is 88.5 cm³/mol. The summed E-state index contributed by atoms with van der Waals surface area (Å²) in [4.78, 5) is 34.6. The van der Waals surface area contributed by atoms with E-state index in [1.807, 2.05) is 30.3 Å². The van der Waals surface area contributed by atoms with Gasteiger partial charge in [0.25, 0.3) is 0 Å². The Morgan fingerprint density at radius 2 is 1.92 bits per heavy atom. The summed E-state index contributed by atoms with van der Waals surface area (Å²) in [5, 5.41) is 2.40. The Labute approximate surface area is 143 Å². The molecule has 1 unspecified atom stereocenters. The number of benzene rings is 2. The summed E-state index contributed by atoms with van der Waals surface area (Å²) in [5.74, 6) is -1.13. The first-order chi connectivity index (χ1) is 12.0. The second-order valence-corrected chi connectivity index (χ2v) is 5.58. The maximum atomic E-state index is 12.1. The highest BCUT2D eigenvalue weighted by atomic mass is 16.6. The fourth-order valence-corrected chi connectivity index (χ4v) is 2.46. The van der Waals surface area contributed by atoms with Crippen LogP contribution in [0.3, 0.4) is 0 Å². The number of carbonyl (C=O) groups excluding carboxylic acids is 3. The van der Waals surface area contributed by atoms with Gasteiger partial charge in [0, 0.05) is 12.1 Å². The second-order valence-electron chi connectivity index (χ2n) is 5.58. The molecule has 0 saturated carbocycles. The molecule has 1 heterocycles. The van der Waals surface area contributed by atoms with E-state index in [-0.39, 0.29) is 13.0 Å². The Morgan fingerprint density at radius 1 is 1.16 bits per heavy atom. The van der Waals surface area contributed by atoms with Gasteiger partial charge in [-0.05, 0) is 23.3 Å². The third-order valence-corrected chi connectivity index (χ3v) is 3.79. The van der Waals surface area contributed by atoms with Crippen LogP contribution in [-0.4, -0.2) is 24.1 Å². The third kappa shape index (κ3) is 3.95. The molecule has 0 radical (unpaired) electrons. The van der Waals surface area contributed by atoms with Crippen molar-refractivity contribution in [2.75, 3.05) is 5.73 Å². The van der Waals surface area contributed by atoms with Crippen LogP contribution in [0, 0.1) is 0 Å². The molecule has 1 aliphatic heterocycles. The first-order valence-electron chi connectivity index (χ1n) is 7.64. The van der Waals surface area contributed by atoms with Crippen molar-refractivity contribution in [2.45, 2.75) is 19.1 Å². The molecule has 0 bridgehead atoms. The monoisotopic (exact) mass is 340 g/mol. The lowest BCUT2D eigenvalue weighted by atomic mass is 10.0. The number of esters is 2. The highest BCUT2D eigenvalue weighted by molar-refractivity contribution is 5.96. The van der Waals surface area contributed by atoms with E-state index in [0.29, 0.717) is 16.8 Å². The zero-order valence-corrected chi connectivity index (χ0v) is 13.2. The van der Waals surface area contributed by atoms with Gasteiger partial charge in [0.1, 0.15) is 12.6 Å². The van der Waals surface area contributed by atoms with E-state index in [9.17, 15) is 14.4 Å². The summed E-state index contributed by atoms with van der Waals surface area (Å²) >= 11 is 0. The molecular formula is C18H16N2O5. The van der Waals surface area contributed by atoms with Crippen molar-refractivity contribution in [3.05, 3.63) is 65.2 Å². The van der Waals surface area contributed by atoms with Crippen LogP contribution >= 0.6 is 0 Å². The van der Waals surface area contributed by atoms with Crippen LogP contribution in [0.15, 0.2) is 48.5 Å². The molecule has 7 heteroatoms. The van der Waals surface area contributed by atoms with Gasteiger partial charge in [0.15, 0.2) is 0 Å². The van der Waals surface area contributed by atoms with Gasteiger partial charge in [0.2, 0.25) is 0 Å². The van der Waals surface area contributed by atoms with Gasteiger partial charge in [-0.2, -0.15) is 0 Å². The van der Waals surface area contributed by atoms with Crippen LogP contribution in [0.25, 0.3) is 0 Å². The number of ether oxygens (including phenoxy) is 2. The molecule has 1 aliphatic rings.